The first-order valence-electron chi connectivity index (χ1n) is 10.2. The maximum absolute atomic E-state index is 12.8. The Morgan fingerprint density at radius 2 is 1.97 bits per heavy atom. The van der Waals surface area contributed by atoms with Crippen molar-refractivity contribution in [1.82, 2.24) is 19.9 Å². The van der Waals surface area contributed by atoms with E-state index in [1.807, 2.05) is 6.07 Å². The Bertz CT molecular complexity index is 1130. The normalized spacial score (nSPS) is 15.4. The minimum absolute atomic E-state index is 0.0657. The molecule has 0 saturated carbocycles. The van der Waals surface area contributed by atoms with Crippen LogP contribution in [0, 0.1) is 0 Å². The van der Waals surface area contributed by atoms with E-state index in [0.29, 0.717) is 48.3 Å². The van der Waals surface area contributed by atoms with Gasteiger partial charge >= 0.3 is 0 Å². The zero-order valence-corrected chi connectivity index (χ0v) is 17.9. The molecule has 0 bridgehead atoms. The highest BCUT2D eigenvalue weighted by Crippen LogP contribution is 2.36. The molecule has 1 amide bonds. The Morgan fingerprint density at radius 3 is 2.66 bits per heavy atom. The fraction of sp³-hybridized carbons (Fsp3) is 0.304. The van der Waals surface area contributed by atoms with Gasteiger partial charge in [-0.25, -0.2) is 4.98 Å². The topological polar surface area (TPSA) is 107 Å². The zero-order valence-electron chi connectivity index (χ0n) is 17.9. The summed E-state index contributed by atoms with van der Waals surface area (Å²) >= 11 is 0. The van der Waals surface area contributed by atoms with Gasteiger partial charge in [0, 0.05) is 43.0 Å². The number of pyridine rings is 1. The molecule has 0 spiro atoms. The average molecular weight is 436 g/mol. The Balaban J connectivity index is 1.44. The highest BCUT2D eigenvalue weighted by molar-refractivity contribution is 5.78. The number of aromatic nitrogens is 3. The summed E-state index contributed by atoms with van der Waals surface area (Å²) in [5.41, 5.74) is 1.10. The summed E-state index contributed by atoms with van der Waals surface area (Å²) in [6, 6.07) is 10.4. The van der Waals surface area contributed by atoms with E-state index in [-0.39, 0.29) is 24.0 Å². The summed E-state index contributed by atoms with van der Waals surface area (Å²) in [6.07, 6.45) is 4.03. The second kappa shape index (κ2) is 9.51. The van der Waals surface area contributed by atoms with Crippen molar-refractivity contribution in [3.8, 4) is 28.5 Å². The summed E-state index contributed by atoms with van der Waals surface area (Å²) in [5, 5.41) is 0. The molecule has 9 nitrogen and oxygen atoms in total. The molecule has 4 rings (SSSR count). The molecule has 32 heavy (non-hydrogen) atoms. The Kier molecular flexibility index (Phi) is 6.34. The van der Waals surface area contributed by atoms with Crippen LogP contribution in [0.25, 0.3) is 11.3 Å². The molecular formula is C23H24N4O5. The van der Waals surface area contributed by atoms with Crippen molar-refractivity contribution in [3.63, 3.8) is 0 Å². The molecule has 0 aliphatic carbocycles. The van der Waals surface area contributed by atoms with Crippen LogP contribution in [0.3, 0.4) is 0 Å². The van der Waals surface area contributed by atoms with Crippen molar-refractivity contribution in [2.75, 3.05) is 33.9 Å². The molecule has 1 N–H and O–H groups in total. The number of para-hydroxylation sites is 1. The highest BCUT2D eigenvalue weighted by atomic mass is 16.5. The van der Waals surface area contributed by atoms with Gasteiger partial charge in [-0.15, -0.1) is 0 Å². The predicted molar refractivity (Wildman–Crippen MR) is 117 cm³/mol. The second-order valence-electron chi connectivity index (χ2n) is 7.36. The van der Waals surface area contributed by atoms with Crippen molar-refractivity contribution in [1.29, 1.82) is 0 Å². The number of nitrogens with zero attached hydrogens (tertiary/aromatic N) is 3. The zero-order chi connectivity index (χ0) is 22.5. The van der Waals surface area contributed by atoms with Crippen molar-refractivity contribution in [2.24, 2.45) is 0 Å². The number of amides is 1. The lowest BCUT2D eigenvalue weighted by Gasteiger charge is -2.18. The summed E-state index contributed by atoms with van der Waals surface area (Å²) in [6.45, 7) is 0.852. The number of methoxy groups -OCH3 is 2. The van der Waals surface area contributed by atoms with Crippen LogP contribution in [0.5, 0.6) is 17.2 Å². The largest absolute Gasteiger partial charge is 0.493 e. The third-order valence-electron chi connectivity index (χ3n) is 5.37. The summed E-state index contributed by atoms with van der Waals surface area (Å²) in [4.78, 5) is 38.2. The monoisotopic (exact) mass is 436 g/mol. The molecule has 2 aromatic heterocycles. The van der Waals surface area contributed by atoms with Gasteiger partial charge in [0.25, 0.3) is 11.5 Å². The van der Waals surface area contributed by atoms with E-state index in [9.17, 15) is 9.59 Å². The lowest BCUT2D eigenvalue weighted by atomic mass is 10.1. The van der Waals surface area contributed by atoms with Crippen LogP contribution in [0.15, 0.2) is 53.6 Å². The smallest absolute Gasteiger partial charge is 0.260 e. The summed E-state index contributed by atoms with van der Waals surface area (Å²) in [7, 11) is 3.06. The lowest BCUT2D eigenvalue weighted by molar-refractivity contribution is -0.132. The van der Waals surface area contributed by atoms with Crippen molar-refractivity contribution in [3.05, 3.63) is 65.0 Å². The maximum Gasteiger partial charge on any atom is 0.260 e. The number of carbonyl (C=O) groups excluding carboxylic acids is 1. The van der Waals surface area contributed by atoms with Gasteiger partial charge in [-0.05, 0) is 30.7 Å². The molecule has 1 aliphatic heterocycles. The first-order chi connectivity index (χ1) is 15.6. The van der Waals surface area contributed by atoms with Crippen molar-refractivity contribution >= 4 is 5.91 Å². The van der Waals surface area contributed by atoms with Crippen LogP contribution >= 0.6 is 0 Å². The number of likely N-dealkylation sites (tertiary alicyclic amines) is 1. The molecular weight excluding hydrogens is 412 g/mol. The standard InChI is InChI=1S/C23H24N4O5/c1-30-18-6-3-7-19(31-2)22(18)32-14-21(29)27-10-8-16(13-27)23-25-17(11-20(28)26-23)15-5-4-9-24-12-15/h3-7,9,11-12,16H,8,10,13-14H2,1-2H3,(H,25,26,28). The number of nitrogens with one attached hydrogen (secondary N) is 1. The van der Waals surface area contributed by atoms with E-state index in [1.54, 1.807) is 41.6 Å². The van der Waals surface area contributed by atoms with E-state index in [0.717, 1.165) is 5.56 Å². The van der Waals surface area contributed by atoms with Gasteiger partial charge < -0.3 is 24.1 Å². The Hall–Kier alpha value is -3.88. The molecule has 1 aromatic carbocycles. The number of hydrogen-bond donors (Lipinski definition) is 1. The molecule has 3 heterocycles. The summed E-state index contributed by atoms with van der Waals surface area (Å²) < 4.78 is 16.3. The molecule has 9 heteroatoms. The van der Waals surface area contributed by atoms with Crippen molar-refractivity contribution in [2.45, 2.75) is 12.3 Å². The number of benzene rings is 1. The van der Waals surface area contributed by atoms with Crippen LogP contribution in [-0.4, -0.2) is 59.7 Å². The molecule has 3 aromatic rings. The molecule has 1 saturated heterocycles. The van der Waals surface area contributed by atoms with E-state index >= 15 is 0 Å². The molecule has 0 radical (unpaired) electrons. The first kappa shape index (κ1) is 21.4. The quantitative estimate of drug-likeness (QED) is 0.605. The van der Waals surface area contributed by atoms with Crippen LogP contribution in [0.1, 0.15) is 18.2 Å². The van der Waals surface area contributed by atoms with Gasteiger partial charge in [0.15, 0.2) is 18.1 Å². The highest BCUT2D eigenvalue weighted by Gasteiger charge is 2.29. The Morgan fingerprint density at radius 1 is 1.19 bits per heavy atom. The molecule has 166 valence electrons. The van der Waals surface area contributed by atoms with Crippen LogP contribution in [-0.2, 0) is 4.79 Å². The molecule has 1 aliphatic rings. The number of H-pyrrole nitrogens is 1. The molecule has 1 atom stereocenters. The molecule has 1 fully saturated rings. The SMILES string of the molecule is COc1cccc(OC)c1OCC(=O)N1CCC(c2nc(-c3cccnc3)cc(=O)[nH]2)C1. The fourth-order valence-corrected chi connectivity index (χ4v) is 3.73. The van der Waals surface area contributed by atoms with Gasteiger partial charge in [0.2, 0.25) is 5.75 Å². The van der Waals surface area contributed by atoms with Crippen LogP contribution in [0.4, 0.5) is 0 Å². The predicted octanol–water partition coefficient (Wildman–Crippen LogP) is 2.24. The van der Waals surface area contributed by atoms with E-state index in [2.05, 4.69) is 15.0 Å². The minimum Gasteiger partial charge on any atom is -0.493 e. The number of hydrogen-bond acceptors (Lipinski definition) is 7. The first-order valence-corrected chi connectivity index (χ1v) is 10.2. The van der Waals surface area contributed by atoms with Gasteiger partial charge in [0.05, 0.1) is 19.9 Å². The minimum atomic E-state index is -0.231. The van der Waals surface area contributed by atoms with Crippen LogP contribution < -0.4 is 19.8 Å². The molecule has 1 unspecified atom stereocenters. The third kappa shape index (κ3) is 4.56. The van der Waals surface area contributed by atoms with Crippen molar-refractivity contribution < 1.29 is 19.0 Å². The average Bonchev–Trinajstić information content (AvgIpc) is 3.33. The van der Waals surface area contributed by atoms with E-state index in [4.69, 9.17) is 14.2 Å². The Labute approximate surface area is 185 Å². The third-order valence-corrected chi connectivity index (χ3v) is 5.37. The van der Waals surface area contributed by atoms with Gasteiger partial charge in [0.1, 0.15) is 5.82 Å². The van der Waals surface area contributed by atoms with Gasteiger partial charge in [-0.1, -0.05) is 6.07 Å². The number of rotatable bonds is 7. The maximum atomic E-state index is 12.8. The van der Waals surface area contributed by atoms with Gasteiger partial charge in [-0.3, -0.25) is 14.6 Å². The van der Waals surface area contributed by atoms with Crippen LogP contribution in [0.2, 0.25) is 0 Å². The number of ether oxygens (including phenoxy) is 3. The number of aromatic amines is 1. The summed E-state index contributed by atoms with van der Waals surface area (Å²) in [5.74, 6) is 1.71. The number of carbonyl (C=O) groups is 1. The van der Waals surface area contributed by atoms with Gasteiger partial charge in [-0.2, -0.15) is 0 Å². The fourth-order valence-electron chi connectivity index (χ4n) is 3.73. The van der Waals surface area contributed by atoms with E-state index < -0.39 is 0 Å². The lowest BCUT2D eigenvalue weighted by Crippen LogP contribution is -2.33. The second-order valence-corrected chi connectivity index (χ2v) is 7.36. The van der Waals surface area contributed by atoms with E-state index in [1.165, 1.54) is 20.3 Å².